The van der Waals surface area contributed by atoms with Gasteiger partial charge in [-0.3, -0.25) is 0 Å². The second-order valence-electron chi connectivity index (χ2n) is 7.53. The van der Waals surface area contributed by atoms with E-state index in [1.807, 2.05) is 42.5 Å². The number of amides is 1. The molecular weight excluding hydrogens is 378 g/mol. The summed E-state index contributed by atoms with van der Waals surface area (Å²) in [4.78, 5) is 24.5. The third-order valence-electron chi connectivity index (χ3n) is 3.85. The average molecular weight is 404 g/mol. The van der Waals surface area contributed by atoms with E-state index in [0.717, 1.165) is 11.1 Å². The smallest absolute Gasteiger partial charge is 0.408 e. The first kappa shape index (κ1) is 21.8. The number of halogens is 1. The fourth-order valence-electron chi connectivity index (χ4n) is 2.52. The number of hydrogen-bond donors (Lipinski definition) is 1. The molecule has 1 amide bonds. The van der Waals surface area contributed by atoms with Crippen molar-refractivity contribution >= 4 is 23.7 Å². The average Bonchev–Trinajstić information content (AvgIpc) is 2.62. The molecule has 0 aliphatic carbocycles. The van der Waals surface area contributed by atoms with Crippen LogP contribution in [0.15, 0.2) is 54.6 Å². The van der Waals surface area contributed by atoms with Crippen LogP contribution in [-0.4, -0.2) is 23.7 Å². The molecule has 0 aromatic heterocycles. The van der Waals surface area contributed by atoms with E-state index in [0.29, 0.717) is 11.4 Å². The minimum Gasteiger partial charge on any atom is -0.456 e. The maximum Gasteiger partial charge on any atom is 0.408 e. The maximum absolute atomic E-state index is 12.6. The van der Waals surface area contributed by atoms with Gasteiger partial charge in [-0.2, -0.15) is 0 Å². The lowest BCUT2D eigenvalue weighted by atomic mass is 10.0. The quantitative estimate of drug-likeness (QED) is 0.683. The number of benzene rings is 2. The minimum atomic E-state index is -0.841. The standard InChI is InChI=1S/C22H26ClNO4/c1-15(24-21(26)28-22(2,3)4)20(25)27-19(17-8-6-5-7-9-17)14-16-10-12-18(23)13-11-16/h5-13,15,19H,14H2,1-4H3,(H,24,26)/t15-,19?/m0/s1. The highest BCUT2D eigenvalue weighted by Crippen LogP contribution is 2.24. The molecule has 2 aromatic carbocycles. The molecule has 0 aliphatic heterocycles. The molecule has 0 radical (unpaired) electrons. The number of ether oxygens (including phenoxy) is 2. The molecule has 5 nitrogen and oxygen atoms in total. The van der Waals surface area contributed by atoms with E-state index >= 15 is 0 Å². The molecule has 0 saturated heterocycles. The van der Waals surface area contributed by atoms with Crippen molar-refractivity contribution in [2.24, 2.45) is 0 Å². The highest BCUT2D eigenvalue weighted by molar-refractivity contribution is 6.30. The van der Waals surface area contributed by atoms with E-state index in [-0.39, 0.29) is 0 Å². The van der Waals surface area contributed by atoms with Crippen molar-refractivity contribution in [1.29, 1.82) is 0 Å². The van der Waals surface area contributed by atoms with Crippen molar-refractivity contribution < 1.29 is 19.1 Å². The van der Waals surface area contributed by atoms with E-state index in [4.69, 9.17) is 21.1 Å². The fourth-order valence-corrected chi connectivity index (χ4v) is 2.64. The van der Waals surface area contributed by atoms with Crippen molar-refractivity contribution in [3.8, 4) is 0 Å². The second-order valence-corrected chi connectivity index (χ2v) is 7.97. The first-order valence-electron chi connectivity index (χ1n) is 9.13. The molecule has 1 N–H and O–H groups in total. The van der Waals surface area contributed by atoms with Gasteiger partial charge in [0, 0.05) is 11.4 Å². The third-order valence-corrected chi connectivity index (χ3v) is 4.10. The van der Waals surface area contributed by atoms with Gasteiger partial charge in [-0.15, -0.1) is 0 Å². The van der Waals surface area contributed by atoms with Gasteiger partial charge in [-0.1, -0.05) is 54.1 Å². The number of carbonyl (C=O) groups is 2. The summed E-state index contributed by atoms with van der Waals surface area (Å²) in [5, 5.41) is 3.16. The van der Waals surface area contributed by atoms with Crippen molar-refractivity contribution in [1.82, 2.24) is 5.32 Å². The number of nitrogens with one attached hydrogen (secondary N) is 1. The first-order chi connectivity index (χ1) is 13.1. The van der Waals surface area contributed by atoms with Crippen LogP contribution < -0.4 is 5.32 Å². The number of rotatable bonds is 6. The molecule has 0 spiro atoms. The predicted molar refractivity (Wildman–Crippen MR) is 109 cm³/mol. The van der Waals surface area contributed by atoms with Gasteiger partial charge in [0.05, 0.1) is 0 Å². The summed E-state index contributed by atoms with van der Waals surface area (Å²) in [6.45, 7) is 6.84. The van der Waals surface area contributed by atoms with Crippen LogP contribution in [0.3, 0.4) is 0 Å². The lowest BCUT2D eigenvalue weighted by Crippen LogP contribution is -2.42. The van der Waals surface area contributed by atoms with Crippen molar-refractivity contribution in [2.75, 3.05) is 0 Å². The van der Waals surface area contributed by atoms with Crippen LogP contribution in [0.5, 0.6) is 0 Å². The number of esters is 1. The van der Waals surface area contributed by atoms with E-state index in [1.54, 1.807) is 39.8 Å². The Morgan fingerprint density at radius 1 is 1.04 bits per heavy atom. The Bertz CT molecular complexity index is 784. The van der Waals surface area contributed by atoms with Gasteiger partial charge in [0.2, 0.25) is 0 Å². The Labute approximate surface area is 171 Å². The second kappa shape index (κ2) is 9.60. The molecule has 2 rings (SSSR count). The summed E-state index contributed by atoms with van der Waals surface area (Å²) >= 11 is 5.95. The zero-order valence-electron chi connectivity index (χ0n) is 16.6. The van der Waals surface area contributed by atoms with Gasteiger partial charge in [-0.05, 0) is 51.0 Å². The van der Waals surface area contributed by atoms with Gasteiger partial charge >= 0.3 is 12.1 Å². The van der Waals surface area contributed by atoms with Crippen LogP contribution in [0.25, 0.3) is 0 Å². The van der Waals surface area contributed by atoms with E-state index < -0.39 is 29.8 Å². The summed E-state index contributed by atoms with van der Waals surface area (Å²) < 4.78 is 10.9. The van der Waals surface area contributed by atoms with Gasteiger partial charge < -0.3 is 14.8 Å². The van der Waals surface area contributed by atoms with Gasteiger partial charge in [0.1, 0.15) is 17.7 Å². The number of hydrogen-bond acceptors (Lipinski definition) is 4. The molecule has 6 heteroatoms. The monoisotopic (exact) mass is 403 g/mol. The lowest BCUT2D eigenvalue weighted by Gasteiger charge is -2.23. The van der Waals surface area contributed by atoms with Crippen LogP contribution in [0, 0.1) is 0 Å². The third kappa shape index (κ3) is 7.24. The highest BCUT2D eigenvalue weighted by atomic mass is 35.5. The molecule has 150 valence electrons. The molecule has 2 atom stereocenters. The molecule has 0 fully saturated rings. The van der Waals surface area contributed by atoms with E-state index in [2.05, 4.69) is 5.32 Å². The van der Waals surface area contributed by atoms with Gasteiger partial charge in [0.15, 0.2) is 0 Å². The molecule has 0 heterocycles. The van der Waals surface area contributed by atoms with Crippen LogP contribution in [0.4, 0.5) is 4.79 Å². The Hall–Kier alpha value is -2.53. The molecule has 28 heavy (non-hydrogen) atoms. The van der Waals surface area contributed by atoms with Gasteiger partial charge in [0.25, 0.3) is 0 Å². The summed E-state index contributed by atoms with van der Waals surface area (Å²) in [6, 6.07) is 16.0. The summed E-state index contributed by atoms with van der Waals surface area (Å²) in [6.07, 6.45) is -0.657. The largest absolute Gasteiger partial charge is 0.456 e. The topological polar surface area (TPSA) is 64.6 Å². The Morgan fingerprint density at radius 2 is 1.64 bits per heavy atom. The molecule has 0 saturated carbocycles. The van der Waals surface area contributed by atoms with E-state index in [1.165, 1.54) is 0 Å². The predicted octanol–water partition coefficient (Wildman–Crippen LogP) is 5.08. The molecule has 0 aliphatic rings. The van der Waals surface area contributed by atoms with Crippen LogP contribution >= 0.6 is 11.6 Å². The normalized spacial score (nSPS) is 13.3. The molecule has 0 bridgehead atoms. The highest BCUT2D eigenvalue weighted by Gasteiger charge is 2.25. The Morgan fingerprint density at radius 3 is 2.21 bits per heavy atom. The van der Waals surface area contributed by atoms with Crippen LogP contribution in [-0.2, 0) is 20.7 Å². The van der Waals surface area contributed by atoms with Crippen molar-refractivity contribution in [3.05, 3.63) is 70.7 Å². The minimum absolute atomic E-state index is 0.488. The summed E-state index contributed by atoms with van der Waals surface area (Å²) in [5.41, 5.74) is 1.21. The zero-order valence-corrected chi connectivity index (χ0v) is 17.3. The van der Waals surface area contributed by atoms with Crippen molar-refractivity contribution in [2.45, 2.75) is 51.9 Å². The number of alkyl carbamates (subject to hydrolysis) is 1. The van der Waals surface area contributed by atoms with E-state index in [9.17, 15) is 9.59 Å². The Kier molecular flexibility index (Phi) is 7.46. The zero-order chi connectivity index (χ0) is 20.7. The summed E-state index contributed by atoms with van der Waals surface area (Å²) in [5.74, 6) is -0.534. The summed E-state index contributed by atoms with van der Waals surface area (Å²) in [7, 11) is 0. The molecule has 1 unspecified atom stereocenters. The fraction of sp³-hybridized carbons (Fsp3) is 0.364. The van der Waals surface area contributed by atoms with Crippen molar-refractivity contribution in [3.63, 3.8) is 0 Å². The lowest BCUT2D eigenvalue weighted by molar-refractivity contribution is -0.151. The first-order valence-corrected chi connectivity index (χ1v) is 9.51. The SMILES string of the molecule is C[C@H](NC(=O)OC(C)(C)C)C(=O)OC(Cc1ccc(Cl)cc1)c1ccccc1. The van der Waals surface area contributed by atoms with Crippen LogP contribution in [0.2, 0.25) is 5.02 Å². The maximum atomic E-state index is 12.6. The molecule has 2 aromatic rings. The number of carbonyl (C=O) groups excluding carboxylic acids is 2. The van der Waals surface area contributed by atoms with Crippen LogP contribution in [0.1, 0.15) is 44.9 Å². The molecular formula is C22H26ClNO4. The Balaban J connectivity index is 2.07. The van der Waals surface area contributed by atoms with Gasteiger partial charge in [-0.25, -0.2) is 9.59 Å².